The molecule has 0 amide bonds. The number of rotatable bonds is 12. The highest BCUT2D eigenvalue weighted by atomic mass is 15.2. The van der Waals surface area contributed by atoms with Gasteiger partial charge in [-0.15, -0.1) is 0 Å². The van der Waals surface area contributed by atoms with E-state index >= 15 is 0 Å². The number of benzene rings is 21. The molecule has 4 aliphatic carbocycles. The fourth-order valence-corrected chi connectivity index (χ4v) is 22.8. The molecule has 4 aliphatic rings. The first-order chi connectivity index (χ1) is 63.8. The molecule has 129 heavy (non-hydrogen) atoms. The smallest absolute Gasteiger partial charge is 0.0726 e. The number of hydrogen-bond acceptors (Lipinski definition) is 2. The van der Waals surface area contributed by atoms with Crippen LogP contribution in [0.2, 0.25) is 0 Å². The summed E-state index contributed by atoms with van der Waals surface area (Å²) in [7, 11) is 0. The fourth-order valence-electron chi connectivity index (χ4n) is 22.8. The molecule has 0 radical (unpaired) electrons. The normalized spacial score (nSPS) is 13.8. The number of nitrogens with zero attached hydrogens (tertiary/aromatic N) is 3. The van der Waals surface area contributed by atoms with Crippen LogP contribution in [0, 0.1) is 0 Å². The zero-order chi connectivity index (χ0) is 85.2. The van der Waals surface area contributed by atoms with Gasteiger partial charge in [-0.1, -0.05) is 378 Å². The van der Waals surface area contributed by atoms with E-state index < -0.39 is 5.41 Å². The van der Waals surface area contributed by atoms with Gasteiger partial charge in [0, 0.05) is 55.6 Å². The van der Waals surface area contributed by atoms with Crippen LogP contribution in [0.3, 0.4) is 0 Å². The van der Waals surface area contributed by atoms with Crippen LogP contribution in [0.4, 0.5) is 34.1 Å². The van der Waals surface area contributed by atoms with Crippen LogP contribution in [-0.4, -0.2) is 4.57 Å². The Bertz CT molecular complexity index is 8300. The van der Waals surface area contributed by atoms with Crippen molar-refractivity contribution in [2.75, 3.05) is 9.80 Å². The maximum absolute atomic E-state index is 2.57. The van der Waals surface area contributed by atoms with E-state index in [0.29, 0.717) is 0 Å². The summed E-state index contributed by atoms with van der Waals surface area (Å²) in [5.74, 6) is 0. The molecule has 0 aliphatic heterocycles. The van der Waals surface area contributed by atoms with E-state index in [9.17, 15) is 0 Å². The monoisotopic (exact) mass is 1640 g/mol. The quantitative estimate of drug-likeness (QED) is 0.113. The maximum Gasteiger partial charge on any atom is 0.0726 e. The van der Waals surface area contributed by atoms with Crippen LogP contribution in [0.25, 0.3) is 183 Å². The summed E-state index contributed by atoms with van der Waals surface area (Å²) in [6, 6.07) is 176. The van der Waals surface area contributed by atoms with E-state index in [1.165, 1.54) is 188 Å². The highest BCUT2D eigenvalue weighted by Gasteiger charge is 2.53. The van der Waals surface area contributed by atoms with Gasteiger partial charge in [-0.25, -0.2) is 0 Å². The molecule has 1 unspecified atom stereocenters. The molecule has 0 N–H and O–H groups in total. The number of hydrogen-bond donors (Lipinski definition) is 0. The van der Waals surface area contributed by atoms with Crippen molar-refractivity contribution in [1.82, 2.24) is 4.57 Å². The zero-order valence-electron chi connectivity index (χ0n) is 71.3. The Balaban J connectivity index is 0.590. The first-order valence-corrected chi connectivity index (χ1v) is 45.0. The van der Waals surface area contributed by atoms with Gasteiger partial charge in [0.2, 0.25) is 0 Å². The Morgan fingerprint density at radius 1 is 0.186 bits per heavy atom. The van der Waals surface area contributed by atoms with Gasteiger partial charge in [0.1, 0.15) is 0 Å². The van der Waals surface area contributed by atoms with Crippen molar-refractivity contribution in [2.45, 2.75) is 24.7 Å². The van der Waals surface area contributed by atoms with Crippen LogP contribution in [0.1, 0.15) is 47.2 Å². The lowest BCUT2D eigenvalue weighted by Crippen LogP contribution is -2.26. The third-order valence-corrected chi connectivity index (χ3v) is 28.6. The standard InChI is InChI=1S/C126H83N3/c1-125(2)111-44-20-16-41-105(111)123-115(125)47-26-53-121(123)129(93-71-58-83(59-72-93)82-56-69-92(70-57-82)128-117-49-23-18-38-101(117)102-39-19-24-50-118(102)128)119-51-25-43-104-95-34-11-12-36-97(95)109-77-87(63-73-98(109)96-35-13-14-40-103(96)122(104)119)88-64-75-114-110(78-88)100-37-15-21-45-112(100)126(114)113-46-22-17-42-106(113)124-116(126)48-27-52-120(124)127(90-65-54-81(55-66-90)80-28-5-3-6-29-80)91-67-60-84(61-68-91)86-62-74-99-107(85-30-7-4-8-31-85)79-89-32-9-10-33-94(89)108(99)76-86/h3-79H,1-2H3. The van der Waals surface area contributed by atoms with Gasteiger partial charge >= 0.3 is 0 Å². The largest absolute Gasteiger partial charge is 0.310 e. The Labute approximate surface area is 751 Å². The van der Waals surface area contributed by atoms with Gasteiger partial charge in [0.25, 0.3) is 0 Å². The molecule has 1 aromatic heterocycles. The average molecular weight is 1640 g/mol. The Hall–Kier alpha value is -16.5. The van der Waals surface area contributed by atoms with Gasteiger partial charge in [0.05, 0.1) is 33.5 Å². The second-order valence-corrected chi connectivity index (χ2v) is 35.6. The molecular formula is C126H83N3. The van der Waals surface area contributed by atoms with E-state index in [1.54, 1.807) is 0 Å². The van der Waals surface area contributed by atoms with E-state index in [2.05, 4.69) is 495 Å². The average Bonchev–Trinajstić information content (AvgIpc) is 1.50. The van der Waals surface area contributed by atoms with E-state index in [-0.39, 0.29) is 5.41 Å². The van der Waals surface area contributed by atoms with E-state index in [1.807, 2.05) is 0 Å². The molecule has 26 rings (SSSR count). The summed E-state index contributed by atoms with van der Waals surface area (Å²) in [6.45, 7) is 4.78. The fraction of sp³-hybridized carbons (Fsp3) is 0.0317. The summed E-state index contributed by atoms with van der Waals surface area (Å²) in [5.41, 5.74) is 45.9. The number of para-hydroxylation sites is 2. The summed E-state index contributed by atoms with van der Waals surface area (Å²) in [6.07, 6.45) is 0. The van der Waals surface area contributed by atoms with Gasteiger partial charge in [-0.3, -0.25) is 0 Å². The molecule has 1 heterocycles. The SMILES string of the molecule is CC1(C)c2ccccc2-c2c(N(c3ccc(-c4ccc(-n5c6ccccc6c6ccccc65)cc4)cc3)c3cccc4c3-c3ccccc3-c3ccc(-c5ccc6c(c5)-c5ccccc5C65c6ccccc6-c6c(N(c7ccc(-c8ccccc8)cc7)c7ccc(-c8ccc9c(-c%10ccccc%10)cc%10ccccc%10c9c8)cc7)cccc65)cc3-c3ccccc3-4)cccc21. The minimum atomic E-state index is -0.634. The molecule has 0 saturated heterocycles. The van der Waals surface area contributed by atoms with Crippen LogP contribution in [0.5, 0.6) is 0 Å². The molecule has 3 nitrogen and oxygen atoms in total. The lowest BCUT2D eigenvalue weighted by Gasteiger charge is -2.33. The predicted octanol–water partition coefficient (Wildman–Crippen LogP) is 34.0. The first-order valence-electron chi connectivity index (χ1n) is 45.0. The van der Waals surface area contributed by atoms with E-state index in [4.69, 9.17) is 0 Å². The van der Waals surface area contributed by atoms with Crippen molar-refractivity contribution in [1.29, 1.82) is 0 Å². The van der Waals surface area contributed by atoms with Crippen molar-refractivity contribution >= 4 is 77.5 Å². The minimum Gasteiger partial charge on any atom is -0.310 e. The Morgan fingerprint density at radius 2 is 0.574 bits per heavy atom. The van der Waals surface area contributed by atoms with Gasteiger partial charge in [-0.05, 0) is 275 Å². The van der Waals surface area contributed by atoms with Crippen molar-refractivity contribution in [2.24, 2.45) is 0 Å². The maximum atomic E-state index is 2.57. The highest BCUT2D eigenvalue weighted by molar-refractivity contribution is 6.16. The molecule has 602 valence electrons. The molecule has 1 spiro atoms. The predicted molar refractivity (Wildman–Crippen MR) is 542 cm³/mol. The molecule has 0 fully saturated rings. The summed E-state index contributed by atoms with van der Waals surface area (Å²) in [4.78, 5) is 5.08. The van der Waals surface area contributed by atoms with Gasteiger partial charge < -0.3 is 14.4 Å². The highest BCUT2D eigenvalue weighted by Crippen LogP contribution is 2.66. The number of fused-ring (bicyclic) bond motifs is 27. The zero-order valence-corrected chi connectivity index (χ0v) is 71.3. The van der Waals surface area contributed by atoms with Crippen molar-refractivity contribution < 1.29 is 0 Å². The second kappa shape index (κ2) is 29.1. The number of aromatic nitrogens is 1. The third-order valence-electron chi connectivity index (χ3n) is 28.6. The molecule has 0 bridgehead atoms. The lowest BCUT2D eigenvalue weighted by molar-refractivity contribution is 0.660. The van der Waals surface area contributed by atoms with Crippen molar-refractivity contribution in [3.8, 4) is 139 Å². The van der Waals surface area contributed by atoms with Crippen LogP contribution >= 0.6 is 0 Å². The minimum absolute atomic E-state index is 0.223. The first kappa shape index (κ1) is 74.0. The van der Waals surface area contributed by atoms with Crippen LogP contribution < -0.4 is 9.80 Å². The van der Waals surface area contributed by atoms with Crippen LogP contribution in [-0.2, 0) is 10.8 Å². The second-order valence-electron chi connectivity index (χ2n) is 35.6. The molecular weight excluding hydrogens is 1560 g/mol. The Kier molecular flexibility index (Phi) is 16.7. The topological polar surface area (TPSA) is 11.4 Å². The molecule has 21 aromatic carbocycles. The molecule has 22 aromatic rings. The summed E-state index contributed by atoms with van der Waals surface area (Å²) < 4.78 is 2.39. The Morgan fingerprint density at radius 3 is 1.22 bits per heavy atom. The van der Waals surface area contributed by atoms with E-state index in [0.717, 1.165) is 62.1 Å². The third kappa shape index (κ3) is 11.3. The van der Waals surface area contributed by atoms with Gasteiger partial charge in [0.15, 0.2) is 0 Å². The molecule has 1 atom stereocenters. The summed E-state index contributed by atoms with van der Waals surface area (Å²) >= 11 is 0. The van der Waals surface area contributed by atoms with Gasteiger partial charge in [-0.2, -0.15) is 0 Å². The number of anilines is 6. The molecule has 0 saturated carbocycles. The van der Waals surface area contributed by atoms with Crippen LogP contribution in [0.15, 0.2) is 467 Å². The lowest BCUT2D eigenvalue weighted by atomic mass is 9.70. The molecule has 3 heteroatoms. The van der Waals surface area contributed by atoms with Crippen molar-refractivity contribution in [3.05, 3.63) is 500 Å². The summed E-state index contributed by atoms with van der Waals surface area (Å²) in [5, 5.41) is 7.49. The van der Waals surface area contributed by atoms with Crippen molar-refractivity contribution in [3.63, 3.8) is 0 Å².